The van der Waals surface area contributed by atoms with Crippen LogP contribution in [-0.4, -0.2) is 13.2 Å². The molecule has 18 heavy (non-hydrogen) atoms. The van der Waals surface area contributed by atoms with Crippen molar-refractivity contribution in [3.63, 3.8) is 0 Å². The fourth-order valence-electron chi connectivity index (χ4n) is 1.77. The molecule has 0 aliphatic heterocycles. The molecule has 3 heteroatoms. The molecule has 0 aliphatic rings. The van der Waals surface area contributed by atoms with Gasteiger partial charge in [0.2, 0.25) is 0 Å². The Morgan fingerprint density at radius 1 is 1.28 bits per heavy atom. The highest BCUT2D eigenvalue weighted by Gasteiger charge is 2.06. The summed E-state index contributed by atoms with van der Waals surface area (Å²) in [4.78, 5) is 0. The number of hydrogen-bond acceptors (Lipinski definition) is 2. The van der Waals surface area contributed by atoms with Crippen molar-refractivity contribution < 1.29 is 4.74 Å². The lowest BCUT2D eigenvalue weighted by Crippen LogP contribution is -2.10. The standard InChI is InChI=1S/C15H14ClNO/c1-2-3-11-4-6-13-12(10-11)5-7-14(15(13)16)18-9-8-17/h4-7,10H,8-9,17H2,1H3. The number of halogens is 1. The van der Waals surface area contributed by atoms with Crippen molar-refractivity contribution in [2.75, 3.05) is 13.2 Å². The van der Waals surface area contributed by atoms with Gasteiger partial charge in [-0.15, -0.1) is 5.92 Å². The van der Waals surface area contributed by atoms with Crippen molar-refractivity contribution in [3.05, 3.63) is 40.9 Å². The van der Waals surface area contributed by atoms with Crippen molar-refractivity contribution in [2.45, 2.75) is 6.92 Å². The number of ether oxygens (including phenoxy) is 1. The molecule has 0 heterocycles. The summed E-state index contributed by atoms with van der Waals surface area (Å²) in [6, 6.07) is 9.78. The van der Waals surface area contributed by atoms with Gasteiger partial charge in [-0.25, -0.2) is 0 Å². The number of fused-ring (bicyclic) bond motifs is 1. The van der Waals surface area contributed by atoms with Gasteiger partial charge < -0.3 is 10.5 Å². The van der Waals surface area contributed by atoms with Crippen molar-refractivity contribution in [3.8, 4) is 17.6 Å². The molecule has 2 rings (SSSR count). The lowest BCUT2D eigenvalue weighted by molar-refractivity contribution is 0.329. The van der Waals surface area contributed by atoms with Gasteiger partial charge in [-0.3, -0.25) is 0 Å². The van der Waals surface area contributed by atoms with Crippen LogP contribution in [0.1, 0.15) is 12.5 Å². The molecule has 0 saturated heterocycles. The van der Waals surface area contributed by atoms with Gasteiger partial charge in [-0.2, -0.15) is 0 Å². The summed E-state index contributed by atoms with van der Waals surface area (Å²) >= 11 is 6.30. The van der Waals surface area contributed by atoms with E-state index in [0.717, 1.165) is 16.3 Å². The average molecular weight is 260 g/mol. The second-order valence-electron chi connectivity index (χ2n) is 3.83. The van der Waals surface area contributed by atoms with E-state index in [2.05, 4.69) is 11.8 Å². The molecule has 2 nitrogen and oxygen atoms in total. The SMILES string of the molecule is CC#Cc1ccc2c(Cl)c(OCCN)ccc2c1. The summed E-state index contributed by atoms with van der Waals surface area (Å²) in [6.07, 6.45) is 0. The quantitative estimate of drug-likeness (QED) is 0.859. The van der Waals surface area contributed by atoms with Crippen LogP contribution in [0.15, 0.2) is 30.3 Å². The van der Waals surface area contributed by atoms with Crippen molar-refractivity contribution in [1.82, 2.24) is 0 Å². The largest absolute Gasteiger partial charge is 0.491 e. The molecule has 0 saturated carbocycles. The first-order valence-electron chi connectivity index (χ1n) is 5.74. The monoisotopic (exact) mass is 259 g/mol. The first-order chi connectivity index (χ1) is 8.76. The van der Waals surface area contributed by atoms with Crippen molar-refractivity contribution in [1.29, 1.82) is 0 Å². The van der Waals surface area contributed by atoms with E-state index in [1.165, 1.54) is 0 Å². The zero-order chi connectivity index (χ0) is 13.0. The van der Waals surface area contributed by atoms with Gasteiger partial charge in [0, 0.05) is 17.5 Å². The summed E-state index contributed by atoms with van der Waals surface area (Å²) in [5.74, 6) is 6.58. The molecule has 0 bridgehead atoms. The minimum absolute atomic E-state index is 0.463. The van der Waals surface area contributed by atoms with E-state index >= 15 is 0 Å². The highest BCUT2D eigenvalue weighted by atomic mass is 35.5. The molecule has 0 unspecified atom stereocenters. The predicted octanol–water partition coefficient (Wildman–Crippen LogP) is 3.20. The normalized spacial score (nSPS) is 9.94. The van der Waals surface area contributed by atoms with Crippen LogP contribution in [0.2, 0.25) is 5.02 Å². The van der Waals surface area contributed by atoms with E-state index in [4.69, 9.17) is 22.1 Å². The van der Waals surface area contributed by atoms with Crippen LogP contribution in [0.25, 0.3) is 10.8 Å². The third-order valence-electron chi connectivity index (χ3n) is 2.56. The van der Waals surface area contributed by atoms with Crippen molar-refractivity contribution >= 4 is 22.4 Å². The highest BCUT2D eigenvalue weighted by molar-refractivity contribution is 6.37. The molecular weight excluding hydrogens is 246 g/mol. The summed E-state index contributed by atoms with van der Waals surface area (Å²) in [6.45, 7) is 2.75. The highest BCUT2D eigenvalue weighted by Crippen LogP contribution is 2.33. The molecule has 0 amide bonds. The fraction of sp³-hybridized carbons (Fsp3) is 0.200. The number of benzene rings is 2. The Hall–Kier alpha value is -1.69. The Balaban J connectivity index is 2.47. The number of nitrogens with two attached hydrogens (primary N) is 1. The minimum Gasteiger partial charge on any atom is -0.491 e. The first kappa shape index (κ1) is 12.8. The Morgan fingerprint density at radius 2 is 2.11 bits per heavy atom. The zero-order valence-electron chi connectivity index (χ0n) is 10.2. The summed E-state index contributed by atoms with van der Waals surface area (Å²) in [5, 5.41) is 2.64. The second-order valence-corrected chi connectivity index (χ2v) is 4.20. The third kappa shape index (κ3) is 2.59. The smallest absolute Gasteiger partial charge is 0.138 e. The van der Waals surface area contributed by atoms with Gasteiger partial charge >= 0.3 is 0 Å². The fourth-order valence-corrected chi connectivity index (χ4v) is 2.06. The van der Waals surface area contributed by atoms with E-state index in [1.807, 2.05) is 37.3 Å². The van der Waals surface area contributed by atoms with Crippen LogP contribution in [0.3, 0.4) is 0 Å². The van der Waals surface area contributed by atoms with Crippen LogP contribution in [0.5, 0.6) is 5.75 Å². The molecule has 0 atom stereocenters. The molecule has 0 aromatic heterocycles. The maximum Gasteiger partial charge on any atom is 0.138 e. The predicted molar refractivity (Wildman–Crippen MR) is 76.1 cm³/mol. The minimum atomic E-state index is 0.463. The van der Waals surface area contributed by atoms with Gasteiger partial charge in [0.15, 0.2) is 0 Å². The molecule has 2 N–H and O–H groups in total. The molecular formula is C15H14ClNO. The van der Waals surface area contributed by atoms with Gasteiger partial charge in [0.1, 0.15) is 12.4 Å². The number of rotatable bonds is 3. The van der Waals surface area contributed by atoms with Crippen LogP contribution in [-0.2, 0) is 0 Å². The summed E-state index contributed by atoms with van der Waals surface area (Å²) < 4.78 is 5.49. The third-order valence-corrected chi connectivity index (χ3v) is 2.95. The molecule has 0 spiro atoms. The number of hydrogen-bond donors (Lipinski definition) is 1. The van der Waals surface area contributed by atoms with Gasteiger partial charge in [0.25, 0.3) is 0 Å². The van der Waals surface area contributed by atoms with Gasteiger partial charge in [0.05, 0.1) is 5.02 Å². The van der Waals surface area contributed by atoms with Gasteiger partial charge in [-0.1, -0.05) is 29.7 Å². The lowest BCUT2D eigenvalue weighted by atomic mass is 10.1. The molecule has 0 aliphatic carbocycles. The lowest BCUT2D eigenvalue weighted by Gasteiger charge is -2.09. The maximum absolute atomic E-state index is 6.30. The Labute approximate surface area is 112 Å². The topological polar surface area (TPSA) is 35.2 Å². The molecule has 2 aromatic carbocycles. The van der Waals surface area contributed by atoms with Crippen LogP contribution >= 0.6 is 11.6 Å². The van der Waals surface area contributed by atoms with E-state index in [1.54, 1.807) is 0 Å². The van der Waals surface area contributed by atoms with Crippen LogP contribution in [0.4, 0.5) is 0 Å². The van der Waals surface area contributed by atoms with Crippen LogP contribution in [0, 0.1) is 11.8 Å². The molecule has 92 valence electrons. The molecule has 0 fully saturated rings. The summed E-state index contributed by atoms with van der Waals surface area (Å²) in [5.41, 5.74) is 6.39. The van der Waals surface area contributed by atoms with E-state index in [-0.39, 0.29) is 0 Å². The zero-order valence-corrected chi connectivity index (χ0v) is 10.9. The van der Waals surface area contributed by atoms with Gasteiger partial charge in [-0.05, 0) is 30.5 Å². The van der Waals surface area contributed by atoms with E-state index < -0.39 is 0 Å². The average Bonchev–Trinajstić information content (AvgIpc) is 2.38. The summed E-state index contributed by atoms with van der Waals surface area (Å²) in [7, 11) is 0. The van der Waals surface area contributed by atoms with E-state index in [9.17, 15) is 0 Å². The van der Waals surface area contributed by atoms with E-state index in [0.29, 0.717) is 23.9 Å². The first-order valence-corrected chi connectivity index (χ1v) is 6.12. The Bertz CT molecular complexity index is 625. The molecule has 2 aromatic rings. The Kier molecular flexibility index (Phi) is 4.09. The van der Waals surface area contributed by atoms with Crippen LogP contribution < -0.4 is 10.5 Å². The maximum atomic E-state index is 6.30. The molecule has 0 radical (unpaired) electrons. The second kappa shape index (κ2) is 5.77. The Morgan fingerprint density at radius 3 is 2.83 bits per heavy atom. The van der Waals surface area contributed by atoms with Crippen molar-refractivity contribution in [2.24, 2.45) is 5.73 Å².